The molecule has 0 aliphatic heterocycles. The van der Waals surface area contributed by atoms with Gasteiger partial charge in [0.05, 0.1) is 24.7 Å². The number of nitrogen functional groups attached to an aromatic ring is 1. The smallest absolute Gasteiger partial charge is 0.257 e. The predicted octanol–water partition coefficient (Wildman–Crippen LogP) is 1.75. The summed E-state index contributed by atoms with van der Waals surface area (Å²) in [7, 11) is 1.64. The van der Waals surface area contributed by atoms with Crippen LogP contribution < -0.4 is 15.8 Å². The molecule has 0 radical (unpaired) electrons. The summed E-state index contributed by atoms with van der Waals surface area (Å²) in [6.45, 7) is 2.48. The van der Waals surface area contributed by atoms with Crippen LogP contribution in [0.25, 0.3) is 16.9 Å². The summed E-state index contributed by atoms with van der Waals surface area (Å²) in [5.74, 6) is 0.847. The van der Waals surface area contributed by atoms with Crippen molar-refractivity contribution in [1.82, 2.24) is 19.4 Å². The maximum atomic E-state index is 11.2. The van der Waals surface area contributed by atoms with E-state index in [1.807, 2.05) is 18.3 Å². The van der Waals surface area contributed by atoms with Crippen LogP contribution in [-0.4, -0.2) is 45.6 Å². The number of imidazole rings is 1. The molecule has 3 N–H and O–H groups in total. The molecule has 3 rings (SSSR count). The van der Waals surface area contributed by atoms with Gasteiger partial charge in [-0.3, -0.25) is 4.79 Å². The van der Waals surface area contributed by atoms with Gasteiger partial charge in [0.25, 0.3) is 5.88 Å². The number of rotatable bonds is 7. The Bertz CT molecular complexity index is 924. The summed E-state index contributed by atoms with van der Waals surface area (Å²) >= 11 is 0. The molecule has 9 heteroatoms. The van der Waals surface area contributed by atoms with Gasteiger partial charge in [-0.15, -0.1) is 0 Å². The van der Waals surface area contributed by atoms with Crippen molar-refractivity contribution in [2.24, 2.45) is 0 Å². The third kappa shape index (κ3) is 4.06. The molecule has 26 heavy (non-hydrogen) atoms. The number of nitrogens with two attached hydrogens (primary N) is 1. The van der Waals surface area contributed by atoms with Crippen LogP contribution in [0.3, 0.4) is 0 Å². The van der Waals surface area contributed by atoms with Crippen molar-refractivity contribution in [1.29, 1.82) is 0 Å². The zero-order valence-corrected chi connectivity index (χ0v) is 14.6. The molecule has 3 aromatic rings. The Kier molecular flexibility index (Phi) is 5.28. The minimum atomic E-state index is -0.173. The number of fused-ring (bicyclic) bond motifs is 1. The number of carbonyl (C=O) groups is 1. The van der Waals surface area contributed by atoms with Crippen LogP contribution in [0.15, 0.2) is 30.7 Å². The van der Waals surface area contributed by atoms with Crippen LogP contribution >= 0.6 is 0 Å². The normalized spacial score (nSPS) is 10.8. The minimum absolute atomic E-state index is 0.173. The molecule has 0 unspecified atom stereocenters. The number of pyridine rings is 1. The summed E-state index contributed by atoms with van der Waals surface area (Å²) in [5, 5.41) is 2.66. The van der Waals surface area contributed by atoms with Crippen molar-refractivity contribution in [3.05, 3.63) is 30.7 Å². The van der Waals surface area contributed by atoms with E-state index in [1.54, 1.807) is 23.9 Å². The molecule has 0 aliphatic rings. The molecule has 136 valence electrons. The van der Waals surface area contributed by atoms with Gasteiger partial charge in [0, 0.05) is 38.8 Å². The SMILES string of the molecule is COCCCOc1nc(-c2ccc3nc(NC(C)=O)cn3c2)cnc1N. The zero-order chi connectivity index (χ0) is 18.5. The first-order valence-corrected chi connectivity index (χ1v) is 8.08. The van der Waals surface area contributed by atoms with E-state index in [0.717, 1.165) is 12.0 Å². The van der Waals surface area contributed by atoms with E-state index >= 15 is 0 Å². The van der Waals surface area contributed by atoms with E-state index in [9.17, 15) is 4.79 Å². The molecule has 1 amide bonds. The molecule has 0 atom stereocenters. The number of nitrogens with one attached hydrogen (secondary N) is 1. The number of methoxy groups -OCH3 is 1. The van der Waals surface area contributed by atoms with Gasteiger partial charge < -0.3 is 24.9 Å². The highest BCUT2D eigenvalue weighted by Crippen LogP contribution is 2.24. The summed E-state index contributed by atoms with van der Waals surface area (Å²) in [5.41, 5.74) is 7.98. The van der Waals surface area contributed by atoms with Gasteiger partial charge in [-0.05, 0) is 12.1 Å². The van der Waals surface area contributed by atoms with Crippen molar-refractivity contribution in [3.63, 3.8) is 0 Å². The highest BCUT2D eigenvalue weighted by Gasteiger charge is 2.10. The Morgan fingerprint density at radius 3 is 2.88 bits per heavy atom. The Balaban J connectivity index is 1.84. The quantitative estimate of drug-likeness (QED) is 0.619. The first kappa shape index (κ1) is 17.6. The molecule has 0 bridgehead atoms. The summed E-state index contributed by atoms with van der Waals surface area (Å²) < 4.78 is 12.4. The second kappa shape index (κ2) is 7.79. The van der Waals surface area contributed by atoms with Crippen LogP contribution in [0, 0.1) is 0 Å². The third-order valence-electron chi connectivity index (χ3n) is 3.55. The van der Waals surface area contributed by atoms with Crippen LogP contribution in [0.5, 0.6) is 5.88 Å². The maximum absolute atomic E-state index is 11.2. The van der Waals surface area contributed by atoms with Crippen LogP contribution in [0.1, 0.15) is 13.3 Å². The van der Waals surface area contributed by atoms with E-state index in [4.69, 9.17) is 15.2 Å². The lowest BCUT2D eigenvalue weighted by atomic mass is 10.2. The first-order chi connectivity index (χ1) is 12.6. The van der Waals surface area contributed by atoms with Crippen LogP contribution in [-0.2, 0) is 9.53 Å². The molecule has 9 nitrogen and oxygen atoms in total. The molecular weight excluding hydrogens is 336 g/mol. The van der Waals surface area contributed by atoms with Gasteiger partial charge in [0.15, 0.2) is 11.6 Å². The van der Waals surface area contributed by atoms with Crippen molar-refractivity contribution in [3.8, 4) is 17.1 Å². The number of hydrogen-bond donors (Lipinski definition) is 2. The number of ether oxygens (including phenoxy) is 2. The molecule has 0 aromatic carbocycles. The molecule has 0 spiro atoms. The lowest BCUT2D eigenvalue weighted by Gasteiger charge is -2.09. The highest BCUT2D eigenvalue weighted by atomic mass is 16.5. The standard InChI is InChI=1S/C17H20N6O3/c1-11(24)20-14-10-23-9-12(4-5-15(23)22-14)13-8-19-16(18)17(21-13)26-7-3-6-25-2/h4-5,8-10H,3,6-7H2,1-2H3,(H2,18,19)(H,20,24). The molecule has 0 saturated carbocycles. The molecule has 0 aliphatic carbocycles. The van der Waals surface area contributed by atoms with Crippen molar-refractivity contribution in [2.75, 3.05) is 31.4 Å². The fourth-order valence-corrected chi connectivity index (χ4v) is 2.38. The fourth-order valence-electron chi connectivity index (χ4n) is 2.38. The molecule has 0 fully saturated rings. The summed E-state index contributed by atoms with van der Waals surface area (Å²) in [6, 6.07) is 3.70. The number of anilines is 2. The van der Waals surface area contributed by atoms with Gasteiger partial charge in [-0.25, -0.2) is 15.0 Å². The van der Waals surface area contributed by atoms with Gasteiger partial charge in [0.2, 0.25) is 5.91 Å². The van der Waals surface area contributed by atoms with Crippen molar-refractivity contribution in [2.45, 2.75) is 13.3 Å². The predicted molar refractivity (Wildman–Crippen MR) is 96.9 cm³/mol. The van der Waals surface area contributed by atoms with E-state index in [1.165, 1.54) is 6.92 Å². The number of carbonyl (C=O) groups excluding carboxylic acids is 1. The average Bonchev–Trinajstić information content (AvgIpc) is 3.00. The van der Waals surface area contributed by atoms with Gasteiger partial charge in [-0.1, -0.05) is 0 Å². The molecule has 0 saturated heterocycles. The lowest BCUT2D eigenvalue weighted by Crippen LogP contribution is -2.06. The fraction of sp³-hybridized carbons (Fsp3) is 0.294. The highest BCUT2D eigenvalue weighted by molar-refractivity contribution is 5.87. The van der Waals surface area contributed by atoms with Gasteiger partial charge in [0.1, 0.15) is 5.65 Å². The van der Waals surface area contributed by atoms with Crippen molar-refractivity contribution >= 4 is 23.2 Å². The minimum Gasteiger partial charge on any atom is -0.475 e. The Morgan fingerprint density at radius 2 is 2.12 bits per heavy atom. The van der Waals surface area contributed by atoms with E-state index in [0.29, 0.717) is 36.3 Å². The zero-order valence-electron chi connectivity index (χ0n) is 14.6. The third-order valence-corrected chi connectivity index (χ3v) is 3.55. The molecule has 3 aromatic heterocycles. The van der Waals surface area contributed by atoms with Gasteiger partial charge in [-0.2, -0.15) is 0 Å². The number of aromatic nitrogens is 4. The Labute approximate surface area is 150 Å². The molecular formula is C17H20N6O3. The first-order valence-electron chi connectivity index (χ1n) is 8.08. The largest absolute Gasteiger partial charge is 0.475 e. The number of nitrogens with zero attached hydrogens (tertiary/aromatic N) is 4. The Morgan fingerprint density at radius 1 is 1.27 bits per heavy atom. The van der Waals surface area contributed by atoms with E-state index in [-0.39, 0.29) is 11.7 Å². The van der Waals surface area contributed by atoms with Gasteiger partial charge >= 0.3 is 0 Å². The topological polar surface area (TPSA) is 117 Å². The average molecular weight is 356 g/mol. The maximum Gasteiger partial charge on any atom is 0.257 e. The number of hydrogen-bond acceptors (Lipinski definition) is 7. The summed E-state index contributed by atoms with van der Waals surface area (Å²) in [6.07, 6.45) is 5.90. The second-order valence-corrected chi connectivity index (χ2v) is 5.63. The van der Waals surface area contributed by atoms with Crippen LogP contribution in [0.4, 0.5) is 11.6 Å². The molecule has 3 heterocycles. The lowest BCUT2D eigenvalue weighted by molar-refractivity contribution is -0.114. The van der Waals surface area contributed by atoms with E-state index < -0.39 is 0 Å². The monoisotopic (exact) mass is 356 g/mol. The Hall–Kier alpha value is -3.20. The number of amides is 1. The van der Waals surface area contributed by atoms with Crippen LogP contribution in [0.2, 0.25) is 0 Å². The van der Waals surface area contributed by atoms with Crippen molar-refractivity contribution < 1.29 is 14.3 Å². The van der Waals surface area contributed by atoms with E-state index in [2.05, 4.69) is 20.3 Å². The second-order valence-electron chi connectivity index (χ2n) is 5.63. The summed E-state index contributed by atoms with van der Waals surface area (Å²) in [4.78, 5) is 24.1.